The number of aromatic amines is 1. The second kappa shape index (κ2) is 7.75. The Labute approximate surface area is 174 Å². The largest absolute Gasteiger partial charge is 0.496 e. The zero-order chi connectivity index (χ0) is 21.5. The van der Waals surface area contributed by atoms with E-state index in [0.717, 1.165) is 37.6 Å². The van der Waals surface area contributed by atoms with Crippen molar-refractivity contribution in [1.29, 1.82) is 0 Å². The normalized spacial score (nSPS) is 15.4. The van der Waals surface area contributed by atoms with Gasteiger partial charge in [0.2, 0.25) is 10.0 Å². The summed E-state index contributed by atoms with van der Waals surface area (Å²) in [6.45, 7) is 0. The standard InChI is InChI=1S/C20H25N5O4S/c1-25-19-16(17(23-25)12-7-5-4-6-8-12)20(26)22-18(21-19)14-10-9-13(11-15(14)29-2)24-30(3,27)28/h9-12,24H,4-8H2,1-3H3,(H,21,22,26). The maximum atomic E-state index is 13.0. The van der Waals surface area contributed by atoms with Crippen LogP contribution in [0, 0.1) is 0 Å². The number of nitrogens with one attached hydrogen (secondary N) is 2. The molecule has 1 aromatic carbocycles. The van der Waals surface area contributed by atoms with Crippen LogP contribution in [0.15, 0.2) is 23.0 Å². The predicted molar refractivity (Wildman–Crippen MR) is 115 cm³/mol. The number of methoxy groups -OCH3 is 1. The lowest BCUT2D eigenvalue weighted by atomic mass is 9.86. The molecule has 0 radical (unpaired) electrons. The summed E-state index contributed by atoms with van der Waals surface area (Å²) in [5.74, 6) is 1.02. The highest BCUT2D eigenvalue weighted by Gasteiger charge is 2.25. The number of aryl methyl sites for hydroxylation is 1. The molecule has 2 N–H and O–H groups in total. The second-order valence-electron chi connectivity index (χ2n) is 7.75. The Hall–Kier alpha value is -2.88. The van der Waals surface area contributed by atoms with Gasteiger partial charge in [-0.1, -0.05) is 19.3 Å². The molecular formula is C20H25N5O4S. The van der Waals surface area contributed by atoms with Crippen LogP contribution in [0.2, 0.25) is 0 Å². The predicted octanol–water partition coefficient (Wildman–Crippen LogP) is 2.75. The number of nitrogens with zero attached hydrogens (tertiary/aromatic N) is 3. The Morgan fingerprint density at radius 2 is 1.97 bits per heavy atom. The van der Waals surface area contributed by atoms with Gasteiger partial charge in [0, 0.05) is 19.0 Å². The van der Waals surface area contributed by atoms with Gasteiger partial charge in [-0.05, 0) is 25.0 Å². The molecule has 2 heterocycles. The second-order valence-corrected chi connectivity index (χ2v) is 9.49. The van der Waals surface area contributed by atoms with Crippen LogP contribution >= 0.6 is 0 Å². The zero-order valence-electron chi connectivity index (χ0n) is 17.2. The Balaban J connectivity index is 1.81. The molecule has 1 fully saturated rings. The third kappa shape index (κ3) is 3.91. The molecule has 0 aliphatic heterocycles. The first-order valence-corrected chi connectivity index (χ1v) is 11.8. The average Bonchev–Trinajstić information content (AvgIpc) is 3.04. The van der Waals surface area contributed by atoms with Crippen LogP contribution in [0.1, 0.15) is 43.7 Å². The summed E-state index contributed by atoms with van der Waals surface area (Å²) < 4.78 is 32.5. The minimum Gasteiger partial charge on any atom is -0.496 e. The van der Waals surface area contributed by atoms with Crippen molar-refractivity contribution < 1.29 is 13.2 Å². The van der Waals surface area contributed by atoms with Crippen molar-refractivity contribution >= 4 is 26.7 Å². The van der Waals surface area contributed by atoms with Gasteiger partial charge in [-0.2, -0.15) is 5.10 Å². The molecule has 0 saturated heterocycles. The molecule has 10 heteroatoms. The van der Waals surface area contributed by atoms with Gasteiger partial charge in [0.25, 0.3) is 5.56 Å². The number of fused-ring (bicyclic) bond motifs is 1. The molecule has 0 unspecified atom stereocenters. The SMILES string of the molecule is COc1cc(NS(C)(=O)=O)ccc1-c1nc2c(c(C3CCCCC3)nn2C)c(=O)[nH]1. The molecule has 1 aliphatic rings. The average molecular weight is 432 g/mol. The Kier molecular flexibility index (Phi) is 5.27. The van der Waals surface area contributed by atoms with Crippen molar-refractivity contribution in [2.75, 3.05) is 18.1 Å². The highest BCUT2D eigenvalue weighted by Crippen LogP contribution is 2.35. The Morgan fingerprint density at radius 1 is 1.23 bits per heavy atom. The van der Waals surface area contributed by atoms with Crippen LogP contribution in [0.4, 0.5) is 5.69 Å². The molecule has 160 valence electrons. The van der Waals surface area contributed by atoms with Gasteiger partial charge in [0.15, 0.2) is 5.65 Å². The van der Waals surface area contributed by atoms with Gasteiger partial charge in [-0.3, -0.25) is 9.52 Å². The monoisotopic (exact) mass is 431 g/mol. The van der Waals surface area contributed by atoms with Gasteiger partial charge in [0.05, 0.1) is 30.3 Å². The summed E-state index contributed by atoms with van der Waals surface area (Å²) in [6, 6.07) is 4.81. The van der Waals surface area contributed by atoms with Gasteiger partial charge in [0.1, 0.15) is 17.0 Å². The highest BCUT2D eigenvalue weighted by atomic mass is 32.2. The van der Waals surface area contributed by atoms with Crippen molar-refractivity contribution in [3.63, 3.8) is 0 Å². The van der Waals surface area contributed by atoms with E-state index in [2.05, 4.69) is 19.8 Å². The van der Waals surface area contributed by atoms with Gasteiger partial charge >= 0.3 is 0 Å². The summed E-state index contributed by atoms with van der Waals surface area (Å²) in [5.41, 5.74) is 2.03. The van der Waals surface area contributed by atoms with Crippen molar-refractivity contribution in [3.05, 3.63) is 34.2 Å². The van der Waals surface area contributed by atoms with Crippen LogP contribution in [-0.2, 0) is 17.1 Å². The minimum absolute atomic E-state index is 0.232. The number of ether oxygens (including phenoxy) is 1. The quantitative estimate of drug-likeness (QED) is 0.641. The highest BCUT2D eigenvalue weighted by molar-refractivity contribution is 7.92. The number of hydrogen-bond donors (Lipinski definition) is 2. The third-order valence-corrected chi connectivity index (χ3v) is 6.08. The fourth-order valence-corrected chi connectivity index (χ4v) is 4.69. The molecule has 0 amide bonds. The molecule has 2 aromatic heterocycles. The fraction of sp³-hybridized carbons (Fsp3) is 0.450. The number of H-pyrrole nitrogens is 1. The Bertz CT molecular complexity index is 1260. The lowest BCUT2D eigenvalue weighted by Crippen LogP contribution is -2.13. The number of hydrogen-bond acceptors (Lipinski definition) is 6. The topological polar surface area (TPSA) is 119 Å². The van der Waals surface area contributed by atoms with Crippen LogP contribution in [0.25, 0.3) is 22.4 Å². The first-order valence-electron chi connectivity index (χ1n) is 9.90. The van der Waals surface area contributed by atoms with Crippen molar-refractivity contribution in [2.24, 2.45) is 7.05 Å². The van der Waals surface area contributed by atoms with Crippen molar-refractivity contribution in [2.45, 2.75) is 38.0 Å². The molecule has 0 atom stereocenters. The van der Waals surface area contributed by atoms with E-state index in [0.29, 0.717) is 33.9 Å². The molecule has 0 spiro atoms. The summed E-state index contributed by atoms with van der Waals surface area (Å²) in [4.78, 5) is 20.5. The molecule has 0 bridgehead atoms. The summed E-state index contributed by atoms with van der Waals surface area (Å²) >= 11 is 0. The minimum atomic E-state index is -3.42. The van der Waals surface area contributed by atoms with Crippen LogP contribution in [0.5, 0.6) is 5.75 Å². The number of rotatable bonds is 5. The summed E-state index contributed by atoms with van der Waals surface area (Å²) in [6.07, 6.45) is 6.68. The molecule has 9 nitrogen and oxygen atoms in total. The van der Waals surface area contributed by atoms with E-state index in [1.807, 2.05) is 0 Å². The van der Waals surface area contributed by atoms with Crippen LogP contribution in [0.3, 0.4) is 0 Å². The van der Waals surface area contributed by atoms with Crippen molar-refractivity contribution in [3.8, 4) is 17.1 Å². The molecular weight excluding hydrogens is 406 g/mol. The van der Waals surface area contributed by atoms with Crippen molar-refractivity contribution in [1.82, 2.24) is 19.7 Å². The van der Waals surface area contributed by atoms with E-state index in [-0.39, 0.29) is 11.5 Å². The van der Waals surface area contributed by atoms with Gasteiger partial charge in [-0.15, -0.1) is 0 Å². The van der Waals surface area contributed by atoms with E-state index in [1.165, 1.54) is 13.5 Å². The molecule has 4 rings (SSSR count). The summed E-state index contributed by atoms with van der Waals surface area (Å²) in [7, 11) is -0.149. The van der Waals surface area contributed by atoms with E-state index in [1.54, 1.807) is 29.9 Å². The van der Waals surface area contributed by atoms with E-state index in [9.17, 15) is 13.2 Å². The summed E-state index contributed by atoms with van der Waals surface area (Å²) in [5, 5.41) is 5.18. The molecule has 1 aliphatic carbocycles. The van der Waals surface area contributed by atoms with Crippen LogP contribution in [-0.4, -0.2) is 41.5 Å². The maximum absolute atomic E-state index is 13.0. The molecule has 30 heavy (non-hydrogen) atoms. The third-order valence-electron chi connectivity index (χ3n) is 5.47. The number of aromatic nitrogens is 4. The molecule has 3 aromatic rings. The number of sulfonamides is 1. The zero-order valence-corrected chi connectivity index (χ0v) is 18.0. The van der Waals surface area contributed by atoms with Gasteiger partial charge < -0.3 is 9.72 Å². The smallest absolute Gasteiger partial charge is 0.262 e. The fourth-order valence-electron chi connectivity index (χ4n) is 4.14. The van der Waals surface area contributed by atoms with Crippen LogP contribution < -0.4 is 15.0 Å². The lowest BCUT2D eigenvalue weighted by Gasteiger charge is -2.19. The lowest BCUT2D eigenvalue weighted by molar-refractivity contribution is 0.416. The maximum Gasteiger partial charge on any atom is 0.262 e. The van der Waals surface area contributed by atoms with E-state index >= 15 is 0 Å². The van der Waals surface area contributed by atoms with Gasteiger partial charge in [-0.25, -0.2) is 18.1 Å². The molecule has 1 saturated carbocycles. The number of benzene rings is 1. The first kappa shape index (κ1) is 20.4. The Morgan fingerprint density at radius 3 is 2.63 bits per heavy atom. The number of anilines is 1. The van der Waals surface area contributed by atoms with E-state index in [4.69, 9.17) is 4.74 Å². The van der Waals surface area contributed by atoms with E-state index < -0.39 is 10.0 Å². The first-order chi connectivity index (χ1) is 14.3.